The molecule has 128 valence electrons. The van der Waals surface area contributed by atoms with E-state index in [4.69, 9.17) is 16.3 Å². The first-order chi connectivity index (χ1) is 12.0. The monoisotopic (exact) mass is 357 g/mol. The average Bonchev–Trinajstić information content (AvgIpc) is 3.12. The molecule has 25 heavy (non-hydrogen) atoms. The highest BCUT2D eigenvalue weighted by Crippen LogP contribution is 2.23. The molecular weight excluding hydrogens is 342 g/mol. The number of nitrogens with one attached hydrogen (secondary N) is 1. The van der Waals surface area contributed by atoms with E-state index in [0.717, 1.165) is 11.3 Å². The molecular formula is C17H16ClN5O2. The average molecular weight is 358 g/mol. The Morgan fingerprint density at radius 1 is 1.24 bits per heavy atom. The molecule has 0 unspecified atom stereocenters. The number of rotatable bonds is 5. The van der Waals surface area contributed by atoms with E-state index in [0.29, 0.717) is 16.5 Å². The largest absolute Gasteiger partial charge is 0.481 e. The second-order valence-corrected chi connectivity index (χ2v) is 5.90. The molecule has 2 aromatic carbocycles. The number of tetrazole rings is 1. The maximum absolute atomic E-state index is 12.3. The van der Waals surface area contributed by atoms with Crippen molar-refractivity contribution in [1.82, 2.24) is 20.2 Å². The number of hydrogen-bond acceptors (Lipinski definition) is 5. The number of carbonyl (C=O) groups is 1. The number of benzene rings is 2. The van der Waals surface area contributed by atoms with Crippen molar-refractivity contribution in [1.29, 1.82) is 0 Å². The van der Waals surface area contributed by atoms with Gasteiger partial charge in [-0.15, -0.1) is 5.10 Å². The van der Waals surface area contributed by atoms with Gasteiger partial charge in [-0.05, 0) is 72.3 Å². The van der Waals surface area contributed by atoms with Gasteiger partial charge in [0.15, 0.2) is 6.10 Å². The second kappa shape index (κ2) is 7.31. The zero-order valence-electron chi connectivity index (χ0n) is 13.7. The van der Waals surface area contributed by atoms with Crippen LogP contribution in [0.2, 0.25) is 5.02 Å². The normalized spacial score (nSPS) is 11.8. The molecule has 0 aliphatic heterocycles. The van der Waals surface area contributed by atoms with Crippen LogP contribution in [-0.4, -0.2) is 32.2 Å². The molecule has 1 aromatic heterocycles. The van der Waals surface area contributed by atoms with Gasteiger partial charge in [-0.1, -0.05) is 11.6 Å². The third-order valence-electron chi connectivity index (χ3n) is 3.56. The molecule has 0 saturated carbocycles. The highest BCUT2D eigenvalue weighted by Gasteiger charge is 2.16. The van der Waals surface area contributed by atoms with E-state index in [1.165, 1.54) is 11.0 Å². The van der Waals surface area contributed by atoms with Crippen LogP contribution in [0.15, 0.2) is 48.8 Å². The van der Waals surface area contributed by atoms with Crippen LogP contribution in [0.25, 0.3) is 5.69 Å². The van der Waals surface area contributed by atoms with E-state index >= 15 is 0 Å². The first-order valence-electron chi connectivity index (χ1n) is 7.60. The van der Waals surface area contributed by atoms with Crippen LogP contribution >= 0.6 is 11.6 Å². The van der Waals surface area contributed by atoms with Gasteiger partial charge >= 0.3 is 0 Å². The Balaban J connectivity index is 1.63. The van der Waals surface area contributed by atoms with Crippen LogP contribution in [0.1, 0.15) is 12.5 Å². The van der Waals surface area contributed by atoms with Crippen molar-refractivity contribution >= 4 is 23.2 Å². The second-order valence-electron chi connectivity index (χ2n) is 5.46. The van der Waals surface area contributed by atoms with E-state index in [2.05, 4.69) is 20.8 Å². The summed E-state index contributed by atoms with van der Waals surface area (Å²) in [6.07, 6.45) is 0.844. The summed E-state index contributed by atoms with van der Waals surface area (Å²) in [7, 11) is 0. The first kappa shape index (κ1) is 16.9. The standard InChI is InChI=1S/C17H16ClN5O2/c1-11-9-13(18)3-8-16(11)25-12(2)17(24)20-14-4-6-15(7-5-14)23-10-19-21-22-23/h3-10,12H,1-2H3,(H,20,24)/t12-/m1/s1. The lowest BCUT2D eigenvalue weighted by atomic mass is 10.2. The van der Waals surface area contributed by atoms with Crippen LogP contribution in [0.4, 0.5) is 5.69 Å². The molecule has 0 saturated heterocycles. The molecule has 3 rings (SSSR count). The van der Waals surface area contributed by atoms with Crippen LogP contribution in [-0.2, 0) is 4.79 Å². The number of halogens is 1. The van der Waals surface area contributed by atoms with Gasteiger partial charge in [-0.2, -0.15) is 0 Å². The third-order valence-corrected chi connectivity index (χ3v) is 3.79. The summed E-state index contributed by atoms with van der Waals surface area (Å²) in [5.74, 6) is 0.380. The molecule has 1 N–H and O–H groups in total. The zero-order valence-corrected chi connectivity index (χ0v) is 14.4. The van der Waals surface area contributed by atoms with Crippen molar-refractivity contribution in [3.05, 3.63) is 59.4 Å². The molecule has 8 heteroatoms. The Bertz CT molecular complexity index is 865. The smallest absolute Gasteiger partial charge is 0.265 e. The molecule has 0 radical (unpaired) electrons. The number of aromatic nitrogens is 4. The van der Waals surface area contributed by atoms with Gasteiger partial charge in [-0.3, -0.25) is 4.79 Å². The maximum atomic E-state index is 12.3. The first-order valence-corrected chi connectivity index (χ1v) is 7.98. The summed E-state index contributed by atoms with van der Waals surface area (Å²) < 4.78 is 7.24. The summed E-state index contributed by atoms with van der Waals surface area (Å²) in [5, 5.41) is 14.4. The van der Waals surface area contributed by atoms with Gasteiger partial charge in [0.25, 0.3) is 5.91 Å². The quantitative estimate of drug-likeness (QED) is 0.759. The molecule has 0 spiro atoms. The van der Waals surface area contributed by atoms with Crippen molar-refractivity contribution in [3.63, 3.8) is 0 Å². The zero-order chi connectivity index (χ0) is 17.8. The lowest BCUT2D eigenvalue weighted by Gasteiger charge is -2.16. The van der Waals surface area contributed by atoms with E-state index in [-0.39, 0.29) is 5.91 Å². The number of anilines is 1. The number of ether oxygens (including phenoxy) is 1. The fraction of sp³-hybridized carbons (Fsp3) is 0.176. The summed E-state index contributed by atoms with van der Waals surface area (Å²) in [6, 6.07) is 12.4. The Labute approximate surface area is 149 Å². The maximum Gasteiger partial charge on any atom is 0.265 e. The van der Waals surface area contributed by atoms with Gasteiger partial charge in [0, 0.05) is 10.7 Å². The van der Waals surface area contributed by atoms with Crippen molar-refractivity contribution in [2.45, 2.75) is 20.0 Å². The minimum absolute atomic E-state index is 0.246. The molecule has 1 atom stereocenters. The number of aryl methyl sites for hydroxylation is 1. The van der Waals surface area contributed by atoms with Crippen LogP contribution in [0.3, 0.4) is 0 Å². The molecule has 0 fully saturated rings. The van der Waals surface area contributed by atoms with Gasteiger partial charge in [0.05, 0.1) is 5.69 Å². The summed E-state index contributed by atoms with van der Waals surface area (Å²) >= 11 is 5.92. The van der Waals surface area contributed by atoms with Crippen molar-refractivity contribution in [2.24, 2.45) is 0 Å². The van der Waals surface area contributed by atoms with Crippen molar-refractivity contribution < 1.29 is 9.53 Å². The molecule has 1 amide bonds. The molecule has 0 aliphatic carbocycles. The van der Waals surface area contributed by atoms with Crippen LogP contribution < -0.4 is 10.1 Å². The predicted molar refractivity (Wildman–Crippen MR) is 94.1 cm³/mol. The number of hydrogen-bond donors (Lipinski definition) is 1. The van der Waals surface area contributed by atoms with Crippen LogP contribution in [0.5, 0.6) is 5.75 Å². The SMILES string of the molecule is Cc1cc(Cl)ccc1O[C@H](C)C(=O)Nc1ccc(-n2cnnn2)cc1. The van der Waals surface area contributed by atoms with E-state index in [1.54, 1.807) is 49.4 Å². The summed E-state index contributed by atoms with van der Waals surface area (Å²) in [5.41, 5.74) is 2.33. The van der Waals surface area contributed by atoms with Gasteiger partial charge < -0.3 is 10.1 Å². The van der Waals surface area contributed by atoms with E-state index < -0.39 is 6.10 Å². The predicted octanol–water partition coefficient (Wildman–Crippen LogP) is 3.03. The Hall–Kier alpha value is -2.93. The number of amides is 1. The van der Waals surface area contributed by atoms with E-state index in [9.17, 15) is 4.79 Å². The fourth-order valence-corrected chi connectivity index (χ4v) is 2.44. The Morgan fingerprint density at radius 2 is 2.00 bits per heavy atom. The minimum Gasteiger partial charge on any atom is -0.481 e. The van der Waals surface area contributed by atoms with Crippen molar-refractivity contribution in [2.75, 3.05) is 5.32 Å². The van der Waals surface area contributed by atoms with Gasteiger partial charge in [-0.25, -0.2) is 4.68 Å². The Kier molecular flexibility index (Phi) is 4.95. The Morgan fingerprint density at radius 3 is 2.64 bits per heavy atom. The number of nitrogens with zero attached hydrogens (tertiary/aromatic N) is 4. The molecule has 7 nitrogen and oxygen atoms in total. The third kappa shape index (κ3) is 4.13. The fourth-order valence-electron chi connectivity index (χ4n) is 2.21. The minimum atomic E-state index is -0.654. The highest BCUT2D eigenvalue weighted by atomic mass is 35.5. The molecule has 0 bridgehead atoms. The van der Waals surface area contributed by atoms with Gasteiger partial charge in [0.2, 0.25) is 0 Å². The number of carbonyl (C=O) groups excluding carboxylic acids is 1. The lowest BCUT2D eigenvalue weighted by molar-refractivity contribution is -0.122. The molecule has 0 aliphatic rings. The molecule has 1 heterocycles. The topological polar surface area (TPSA) is 81.9 Å². The highest BCUT2D eigenvalue weighted by molar-refractivity contribution is 6.30. The summed E-state index contributed by atoms with van der Waals surface area (Å²) in [4.78, 5) is 12.3. The summed E-state index contributed by atoms with van der Waals surface area (Å²) in [6.45, 7) is 3.57. The van der Waals surface area contributed by atoms with Crippen LogP contribution in [0, 0.1) is 6.92 Å². The van der Waals surface area contributed by atoms with Crippen molar-refractivity contribution in [3.8, 4) is 11.4 Å². The van der Waals surface area contributed by atoms with Gasteiger partial charge in [0.1, 0.15) is 12.1 Å². The lowest BCUT2D eigenvalue weighted by Crippen LogP contribution is -2.30. The van der Waals surface area contributed by atoms with E-state index in [1.807, 2.05) is 6.92 Å². The molecule has 3 aromatic rings.